The molecule has 2 aliphatic carbocycles. The van der Waals surface area contributed by atoms with E-state index in [2.05, 4.69) is 34.9 Å². The summed E-state index contributed by atoms with van der Waals surface area (Å²) in [6.45, 7) is 2.29. The van der Waals surface area contributed by atoms with Crippen LogP contribution in [0.15, 0.2) is 48.5 Å². The van der Waals surface area contributed by atoms with E-state index in [1.165, 1.54) is 0 Å². The zero-order valence-electron chi connectivity index (χ0n) is 18.8. The van der Waals surface area contributed by atoms with Crippen LogP contribution in [0.1, 0.15) is 49.7 Å². The first-order chi connectivity index (χ1) is 16.0. The van der Waals surface area contributed by atoms with Crippen LogP contribution in [0.5, 0.6) is 0 Å². The van der Waals surface area contributed by atoms with E-state index < -0.39 is 24.0 Å². The van der Waals surface area contributed by atoms with Gasteiger partial charge < -0.3 is 20.5 Å². The molecule has 0 aliphatic heterocycles. The van der Waals surface area contributed by atoms with Crippen LogP contribution in [0.2, 0.25) is 0 Å². The lowest BCUT2D eigenvalue weighted by Gasteiger charge is -2.21. The number of amides is 2. The fourth-order valence-corrected chi connectivity index (χ4v) is 5.10. The summed E-state index contributed by atoms with van der Waals surface area (Å²) in [7, 11) is 0. The maximum atomic E-state index is 12.6. The van der Waals surface area contributed by atoms with Gasteiger partial charge in [-0.2, -0.15) is 0 Å². The van der Waals surface area contributed by atoms with Gasteiger partial charge in [0.15, 0.2) is 0 Å². The van der Waals surface area contributed by atoms with E-state index in [9.17, 15) is 19.5 Å². The average molecular weight is 451 g/mol. The Morgan fingerprint density at radius 1 is 1.03 bits per heavy atom. The van der Waals surface area contributed by atoms with Gasteiger partial charge in [-0.1, -0.05) is 61.9 Å². The van der Waals surface area contributed by atoms with E-state index in [1.807, 2.05) is 31.2 Å². The van der Waals surface area contributed by atoms with E-state index in [-0.39, 0.29) is 24.3 Å². The molecule has 1 saturated carbocycles. The predicted molar refractivity (Wildman–Crippen MR) is 124 cm³/mol. The molecule has 0 bridgehead atoms. The number of hydrogen-bond acceptors (Lipinski definition) is 4. The summed E-state index contributed by atoms with van der Waals surface area (Å²) in [6, 6.07) is 15.5. The molecule has 7 heteroatoms. The molecule has 33 heavy (non-hydrogen) atoms. The molecule has 174 valence electrons. The topological polar surface area (TPSA) is 105 Å². The van der Waals surface area contributed by atoms with Gasteiger partial charge in [0.2, 0.25) is 5.91 Å². The summed E-state index contributed by atoms with van der Waals surface area (Å²) in [5.74, 6) is -1.66. The van der Waals surface area contributed by atoms with Gasteiger partial charge in [-0.3, -0.25) is 9.59 Å². The van der Waals surface area contributed by atoms with Crippen molar-refractivity contribution in [1.82, 2.24) is 10.6 Å². The van der Waals surface area contributed by atoms with Crippen molar-refractivity contribution in [1.29, 1.82) is 0 Å². The molecule has 3 atom stereocenters. The van der Waals surface area contributed by atoms with Crippen LogP contribution < -0.4 is 10.6 Å². The highest BCUT2D eigenvalue weighted by molar-refractivity contribution is 5.85. The summed E-state index contributed by atoms with van der Waals surface area (Å²) in [4.78, 5) is 36.5. The fourth-order valence-electron chi connectivity index (χ4n) is 5.10. The maximum Gasteiger partial charge on any atom is 0.407 e. The van der Waals surface area contributed by atoms with Crippen molar-refractivity contribution in [2.45, 2.75) is 44.6 Å². The number of carboxylic acid groups (broad SMARTS) is 1. The number of carbonyl (C=O) groups excluding carboxylic acids is 2. The first-order valence-corrected chi connectivity index (χ1v) is 11.6. The summed E-state index contributed by atoms with van der Waals surface area (Å²) >= 11 is 0. The highest BCUT2D eigenvalue weighted by Gasteiger charge is 2.34. The van der Waals surface area contributed by atoms with Gasteiger partial charge in [-0.15, -0.1) is 0 Å². The van der Waals surface area contributed by atoms with E-state index >= 15 is 0 Å². The Morgan fingerprint density at radius 3 is 2.27 bits per heavy atom. The number of fused-ring (bicyclic) bond motifs is 3. The van der Waals surface area contributed by atoms with Crippen LogP contribution in [-0.2, 0) is 14.3 Å². The van der Waals surface area contributed by atoms with Gasteiger partial charge in [0.25, 0.3) is 0 Å². The second-order valence-electron chi connectivity index (χ2n) is 8.81. The Hall–Kier alpha value is -3.35. The van der Waals surface area contributed by atoms with Gasteiger partial charge in [0.05, 0.1) is 5.92 Å². The Balaban J connectivity index is 1.32. The molecule has 0 saturated heterocycles. The molecule has 1 fully saturated rings. The summed E-state index contributed by atoms with van der Waals surface area (Å²) < 4.78 is 5.54. The molecule has 0 spiro atoms. The minimum atomic E-state index is -0.810. The maximum absolute atomic E-state index is 12.6. The molecule has 2 aliphatic rings. The molecule has 0 radical (unpaired) electrons. The van der Waals surface area contributed by atoms with Crippen LogP contribution in [0.4, 0.5) is 4.79 Å². The summed E-state index contributed by atoms with van der Waals surface area (Å²) in [5.41, 5.74) is 4.56. The van der Waals surface area contributed by atoms with Gasteiger partial charge in [-0.25, -0.2) is 4.79 Å². The van der Waals surface area contributed by atoms with Crippen molar-refractivity contribution < 1.29 is 24.2 Å². The minimum absolute atomic E-state index is 0.0487. The van der Waals surface area contributed by atoms with Gasteiger partial charge in [0, 0.05) is 12.5 Å². The number of carboxylic acids is 1. The number of carbonyl (C=O) groups is 3. The minimum Gasteiger partial charge on any atom is -0.481 e. The third-order valence-electron chi connectivity index (χ3n) is 6.88. The molecule has 0 heterocycles. The van der Waals surface area contributed by atoms with E-state index in [4.69, 9.17) is 4.74 Å². The van der Waals surface area contributed by atoms with Crippen molar-refractivity contribution in [3.63, 3.8) is 0 Å². The number of nitrogens with one attached hydrogen (secondary N) is 2. The van der Waals surface area contributed by atoms with Gasteiger partial charge in [0.1, 0.15) is 12.6 Å². The first-order valence-electron chi connectivity index (χ1n) is 11.6. The molecule has 1 unspecified atom stereocenters. The number of hydrogen-bond donors (Lipinski definition) is 3. The Kier molecular flexibility index (Phi) is 6.96. The number of aliphatic carboxylic acids is 1. The molecular weight excluding hydrogens is 420 g/mol. The highest BCUT2D eigenvalue weighted by Crippen LogP contribution is 2.44. The number of alkyl carbamates (subject to hydrolysis) is 1. The average Bonchev–Trinajstić information content (AvgIpc) is 3.42. The van der Waals surface area contributed by atoms with Crippen molar-refractivity contribution in [3.8, 4) is 11.1 Å². The lowest BCUT2D eigenvalue weighted by atomic mass is 9.96. The van der Waals surface area contributed by atoms with Crippen LogP contribution >= 0.6 is 0 Å². The van der Waals surface area contributed by atoms with Crippen LogP contribution in [0.25, 0.3) is 11.1 Å². The van der Waals surface area contributed by atoms with E-state index in [1.54, 1.807) is 0 Å². The molecule has 2 aromatic rings. The molecule has 4 rings (SSSR count). The van der Waals surface area contributed by atoms with E-state index in [0.717, 1.165) is 35.1 Å². The number of rotatable bonds is 8. The van der Waals surface area contributed by atoms with Crippen LogP contribution in [-0.4, -0.2) is 42.3 Å². The number of benzene rings is 2. The summed E-state index contributed by atoms with van der Waals surface area (Å²) in [5, 5.41) is 14.8. The van der Waals surface area contributed by atoms with Crippen molar-refractivity contribution in [3.05, 3.63) is 59.7 Å². The van der Waals surface area contributed by atoms with Crippen molar-refractivity contribution in [2.24, 2.45) is 11.8 Å². The first kappa shape index (κ1) is 22.8. The van der Waals surface area contributed by atoms with Crippen LogP contribution in [0.3, 0.4) is 0 Å². The fraction of sp³-hybridized carbons (Fsp3) is 0.423. The molecule has 3 N–H and O–H groups in total. The molecular formula is C26H30N2O5. The zero-order chi connectivity index (χ0) is 23.4. The second kappa shape index (κ2) is 10.1. The molecule has 7 nitrogen and oxygen atoms in total. The second-order valence-corrected chi connectivity index (χ2v) is 8.81. The largest absolute Gasteiger partial charge is 0.481 e. The molecule has 2 aromatic carbocycles. The van der Waals surface area contributed by atoms with Crippen LogP contribution in [0, 0.1) is 11.8 Å². The third kappa shape index (κ3) is 4.87. The highest BCUT2D eigenvalue weighted by atomic mass is 16.5. The molecule has 0 aromatic heterocycles. The lowest BCUT2D eigenvalue weighted by molar-refractivity contribution is -0.143. The SMILES string of the molecule is CCC(NC(=O)OCC1c2ccccc2-c2ccccc21)C(=O)NC[C@@H]1CCC[C@@H]1C(=O)O. The van der Waals surface area contributed by atoms with Gasteiger partial charge in [-0.05, 0) is 47.4 Å². The van der Waals surface area contributed by atoms with Gasteiger partial charge >= 0.3 is 12.1 Å². The summed E-state index contributed by atoms with van der Waals surface area (Å²) in [6.07, 6.45) is 2.05. The molecule has 2 amide bonds. The Bertz CT molecular complexity index is 991. The van der Waals surface area contributed by atoms with Crippen molar-refractivity contribution in [2.75, 3.05) is 13.2 Å². The quantitative estimate of drug-likeness (QED) is 0.565. The third-order valence-corrected chi connectivity index (χ3v) is 6.88. The monoisotopic (exact) mass is 450 g/mol. The Labute approximate surface area is 193 Å². The normalized spacial score (nSPS) is 19.9. The number of ether oxygens (including phenoxy) is 1. The predicted octanol–water partition coefficient (Wildman–Crippen LogP) is 3.92. The lowest BCUT2D eigenvalue weighted by Crippen LogP contribution is -2.48. The van der Waals surface area contributed by atoms with E-state index in [0.29, 0.717) is 19.4 Å². The van der Waals surface area contributed by atoms with Crippen molar-refractivity contribution >= 4 is 18.0 Å². The Morgan fingerprint density at radius 2 is 1.67 bits per heavy atom. The standard InChI is InChI=1S/C26H30N2O5/c1-2-23(24(29)27-14-16-8-7-13-17(16)25(30)31)28-26(32)33-15-22-20-11-5-3-9-18(20)19-10-4-6-12-21(19)22/h3-6,9-12,16-17,22-23H,2,7-8,13-15H2,1H3,(H,27,29)(H,28,32)(H,30,31)/t16-,17-,23?/m0/s1. The smallest absolute Gasteiger partial charge is 0.407 e. The zero-order valence-corrected chi connectivity index (χ0v) is 18.8.